The summed E-state index contributed by atoms with van der Waals surface area (Å²) in [6.07, 6.45) is 9.46. The minimum atomic E-state index is -0.304. The molecule has 2 atom stereocenters. The van der Waals surface area contributed by atoms with Gasteiger partial charge in [0.1, 0.15) is 0 Å². The van der Waals surface area contributed by atoms with Gasteiger partial charge in [0.15, 0.2) is 0 Å². The van der Waals surface area contributed by atoms with Crippen LogP contribution in [0.3, 0.4) is 0 Å². The van der Waals surface area contributed by atoms with E-state index in [4.69, 9.17) is 11.5 Å². The van der Waals surface area contributed by atoms with E-state index in [1.165, 1.54) is 18.8 Å². The van der Waals surface area contributed by atoms with Crippen molar-refractivity contribution in [3.05, 3.63) is 23.8 Å². The molecule has 0 aliphatic heterocycles. The molecule has 1 saturated carbocycles. The van der Waals surface area contributed by atoms with E-state index in [1.807, 2.05) is 6.08 Å². The molecule has 0 spiro atoms. The molecule has 4 N–H and O–H groups in total. The first kappa shape index (κ1) is 15.3. The number of nitrogens with two attached hydrogens (primary N) is 2. The molecule has 0 amide bonds. The van der Waals surface area contributed by atoms with Crippen LogP contribution in [0.1, 0.15) is 32.6 Å². The first-order chi connectivity index (χ1) is 9.95. The Hall–Kier alpha value is -2.11. The molecule has 0 aromatic heterocycles. The summed E-state index contributed by atoms with van der Waals surface area (Å²) in [5.41, 5.74) is 12.9. The first-order valence-electron chi connectivity index (χ1n) is 7.08. The fourth-order valence-corrected chi connectivity index (χ4v) is 3.17. The lowest BCUT2D eigenvalue weighted by molar-refractivity contribution is -0.134. The van der Waals surface area contributed by atoms with Crippen molar-refractivity contribution in [3.63, 3.8) is 0 Å². The van der Waals surface area contributed by atoms with E-state index < -0.39 is 0 Å². The second kappa shape index (κ2) is 6.11. The number of rotatable bonds is 3. The Labute approximate surface area is 124 Å². The maximum absolute atomic E-state index is 11.3. The Morgan fingerprint density at radius 1 is 1.48 bits per heavy atom. The van der Waals surface area contributed by atoms with Crippen molar-refractivity contribution in [2.24, 2.45) is 33.0 Å². The molecule has 2 aliphatic carbocycles. The van der Waals surface area contributed by atoms with Crippen LogP contribution in [0.4, 0.5) is 0 Å². The summed E-state index contributed by atoms with van der Waals surface area (Å²) >= 11 is 0. The highest BCUT2D eigenvalue weighted by atomic mass is 16.5. The Morgan fingerprint density at radius 2 is 2.24 bits per heavy atom. The topological polar surface area (TPSA) is 103 Å². The molecule has 0 radical (unpaired) electrons. The third-order valence-electron chi connectivity index (χ3n) is 4.48. The smallest absolute Gasteiger partial charge is 0.330 e. The van der Waals surface area contributed by atoms with Crippen LogP contribution in [0.5, 0.6) is 0 Å². The van der Waals surface area contributed by atoms with E-state index in [0.717, 1.165) is 31.4 Å². The molecule has 114 valence electrons. The van der Waals surface area contributed by atoms with Crippen LogP contribution in [-0.4, -0.2) is 24.8 Å². The first-order valence-corrected chi connectivity index (χ1v) is 7.08. The number of allylic oxidation sites excluding steroid dienone is 3. The molecule has 2 rings (SSSR count). The fraction of sp³-hybridized carbons (Fsp3) is 0.533. The molecular weight excluding hydrogens is 268 g/mol. The number of carbonyl (C=O) groups is 1. The summed E-state index contributed by atoms with van der Waals surface area (Å²) in [5.74, 6) is 0.0221. The number of nitrogens with zero attached hydrogens (tertiary/aromatic N) is 2. The lowest BCUT2D eigenvalue weighted by Crippen LogP contribution is -2.27. The predicted molar refractivity (Wildman–Crippen MR) is 82.5 cm³/mol. The molecule has 1 fully saturated rings. The van der Waals surface area contributed by atoms with Gasteiger partial charge in [0.2, 0.25) is 5.96 Å². The summed E-state index contributed by atoms with van der Waals surface area (Å²) in [6.45, 7) is 2.25. The summed E-state index contributed by atoms with van der Waals surface area (Å²) in [7, 11) is 1.39. The molecule has 0 aromatic carbocycles. The predicted octanol–water partition coefficient (Wildman–Crippen LogP) is 1.48. The number of guanidine groups is 1. The highest BCUT2D eigenvalue weighted by Crippen LogP contribution is 2.52. The molecule has 0 aromatic rings. The molecule has 21 heavy (non-hydrogen) atoms. The van der Waals surface area contributed by atoms with Gasteiger partial charge < -0.3 is 16.2 Å². The van der Waals surface area contributed by atoms with Crippen molar-refractivity contribution in [2.45, 2.75) is 32.6 Å². The van der Waals surface area contributed by atoms with Gasteiger partial charge in [0.05, 0.1) is 12.8 Å². The standard InChI is InChI=1S/C15H22N4O2/c1-15-8-7-12(18-19-14(16)17)9-11(15)4-3-10(15)5-6-13(20)21-2/h5-6,9-10H,3-4,7-8H2,1-2H3,(H4,16,17,19)/b6-5+,18-12-/t10-,15-/m1/s1. The Balaban J connectivity index is 2.17. The third-order valence-corrected chi connectivity index (χ3v) is 4.48. The zero-order valence-electron chi connectivity index (χ0n) is 12.5. The minimum Gasteiger partial charge on any atom is -0.466 e. The van der Waals surface area contributed by atoms with Gasteiger partial charge in [-0.2, -0.15) is 5.10 Å². The normalized spacial score (nSPS) is 30.1. The third kappa shape index (κ3) is 3.32. The van der Waals surface area contributed by atoms with Crippen molar-refractivity contribution in [3.8, 4) is 0 Å². The van der Waals surface area contributed by atoms with Gasteiger partial charge in [-0.15, -0.1) is 5.10 Å². The van der Waals surface area contributed by atoms with E-state index in [9.17, 15) is 4.79 Å². The number of fused-ring (bicyclic) bond motifs is 1. The average molecular weight is 290 g/mol. The van der Waals surface area contributed by atoms with E-state index in [1.54, 1.807) is 0 Å². The number of hydrogen-bond acceptors (Lipinski definition) is 4. The zero-order valence-corrected chi connectivity index (χ0v) is 12.5. The van der Waals surface area contributed by atoms with Gasteiger partial charge >= 0.3 is 5.97 Å². The Morgan fingerprint density at radius 3 is 2.90 bits per heavy atom. The van der Waals surface area contributed by atoms with E-state index in [2.05, 4.69) is 27.9 Å². The van der Waals surface area contributed by atoms with Gasteiger partial charge in [-0.3, -0.25) is 0 Å². The quantitative estimate of drug-likeness (QED) is 0.270. The average Bonchev–Trinajstić information content (AvgIpc) is 2.78. The number of esters is 1. The van der Waals surface area contributed by atoms with Crippen LogP contribution in [0, 0.1) is 11.3 Å². The van der Waals surface area contributed by atoms with Crippen LogP contribution in [0.15, 0.2) is 34.0 Å². The number of methoxy groups -OCH3 is 1. The van der Waals surface area contributed by atoms with Crippen molar-refractivity contribution >= 4 is 17.6 Å². The van der Waals surface area contributed by atoms with Gasteiger partial charge in [-0.25, -0.2) is 4.79 Å². The van der Waals surface area contributed by atoms with Crippen LogP contribution in [0.25, 0.3) is 0 Å². The second-order valence-electron chi connectivity index (χ2n) is 5.73. The Bertz CT molecular complexity index is 544. The largest absolute Gasteiger partial charge is 0.466 e. The molecule has 6 heteroatoms. The highest BCUT2D eigenvalue weighted by Gasteiger charge is 2.43. The lowest BCUT2D eigenvalue weighted by atomic mass is 9.70. The van der Waals surface area contributed by atoms with Gasteiger partial charge in [0, 0.05) is 6.08 Å². The van der Waals surface area contributed by atoms with Gasteiger partial charge in [0.25, 0.3) is 0 Å². The van der Waals surface area contributed by atoms with Crippen LogP contribution in [0.2, 0.25) is 0 Å². The molecular formula is C15H22N4O2. The van der Waals surface area contributed by atoms with Crippen LogP contribution < -0.4 is 11.5 Å². The lowest BCUT2D eigenvalue weighted by Gasteiger charge is -2.34. The molecule has 6 nitrogen and oxygen atoms in total. The highest BCUT2D eigenvalue weighted by molar-refractivity contribution is 5.97. The Kier molecular flexibility index (Phi) is 4.45. The number of hydrogen-bond donors (Lipinski definition) is 2. The maximum atomic E-state index is 11.3. The second-order valence-corrected chi connectivity index (χ2v) is 5.73. The van der Waals surface area contributed by atoms with Crippen molar-refractivity contribution in [1.29, 1.82) is 0 Å². The van der Waals surface area contributed by atoms with Crippen LogP contribution in [-0.2, 0) is 9.53 Å². The van der Waals surface area contributed by atoms with Crippen molar-refractivity contribution in [1.82, 2.24) is 0 Å². The summed E-state index contributed by atoms with van der Waals surface area (Å²) in [5, 5.41) is 7.79. The van der Waals surface area contributed by atoms with E-state index >= 15 is 0 Å². The van der Waals surface area contributed by atoms with Crippen molar-refractivity contribution in [2.75, 3.05) is 7.11 Å². The SMILES string of the molecule is COC(=O)/C=C/[C@H]1CCC2=C/C(=N\N=C(N)N)CC[C@@]21C. The molecule has 0 saturated heterocycles. The molecule has 2 aliphatic rings. The number of ether oxygens (including phenoxy) is 1. The summed E-state index contributed by atoms with van der Waals surface area (Å²) in [4.78, 5) is 11.3. The summed E-state index contributed by atoms with van der Waals surface area (Å²) < 4.78 is 4.65. The van der Waals surface area contributed by atoms with E-state index in [0.29, 0.717) is 5.92 Å². The molecule has 0 unspecified atom stereocenters. The summed E-state index contributed by atoms with van der Waals surface area (Å²) in [6, 6.07) is 0. The monoisotopic (exact) mass is 290 g/mol. The minimum absolute atomic E-state index is 0.0282. The van der Waals surface area contributed by atoms with Crippen molar-refractivity contribution < 1.29 is 9.53 Å². The van der Waals surface area contributed by atoms with E-state index in [-0.39, 0.29) is 17.3 Å². The van der Waals surface area contributed by atoms with Gasteiger partial charge in [-0.05, 0) is 43.1 Å². The molecule has 0 heterocycles. The van der Waals surface area contributed by atoms with Crippen LogP contribution >= 0.6 is 0 Å². The molecule has 0 bridgehead atoms. The maximum Gasteiger partial charge on any atom is 0.330 e. The zero-order chi connectivity index (χ0) is 15.5. The van der Waals surface area contributed by atoms with Gasteiger partial charge in [-0.1, -0.05) is 18.6 Å². The fourth-order valence-electron chi connectivity index (χ4n) is 3.17. The number of carbonyl (C=O) groups excluding carboxylic acids is 1.